The summed E-state index contributed by atoms with van der Waals surface area (Å²) >= 11 is 6.05. The highest BCUT2D eigenvalue weighted by Gasteiger charge is 2.39. The topological polar surface area (TPSA) is 42.0 Å². The zero-order chi connectivity index (χ0) is 13.3. The molecule has 3 nitrogen and oxygen atoms in total. The Bertz CT molecular complexity index is 507. The number of aromatic nitrogens is 1. The highest BCUT2D eigenvalue weighted by Crippen LogP contribution is 2.42. The fourth-order valence-electron chi connectivity index (χ4n) is 2.34. The Morgan fingerprint density at radius 2 is 2.11 bits per heavy atom. The fraction of sp³-hybridized carbons (Fsp3) is 0.429. The first-order chi connectivity index (χ1) is 8.43. The van der Waals surface area contributed by atoms with Gasteiger partial charge in [-0.3, -0.25) is 4.79 Å². The van der Waals surface area contributed by atoms with Gasteiger partial charge in [0.25, 0.3) is 0 Å². The molecule has 0 radical (unpaired) electrons. The number of allylic oxidation sites excluding steroid dienone is 1. The van der Waals surface area contributed by atoms with Crippen LogP contribution in [0.5, 0.6) is 0 Å². The number of pyridine rings is 1. The number of nitrogens with zero attached hydrogens (tertiary/aromatic N) is 1. The van der Waals surface area contributed by atoms with Gasteiger partial charge in [0, 0.05) is 6.92 Å². The molecule has 18 heavy (non-hydrogen) atoms. The van der Waals surface area contributed by atoms with E-state index < -0.39 is 0 Å². The van der Waals surface area contributed by atoms with Gasteiger partial charge in [0.1, 0.15) is 5.15 Å². The quantitative estimate of drug-likeness (QED) is 0.852. The first-order valence-electron chi connectivity index (χ1n) is 6.06. The third-order valence-corrected chi connectivity index (χ3v) is 3.60. The van der Waals surface area contributed by atoms with Crippen LogP contribution in [-0.4, -0.2) is 10.9 Å². The molecule has 1 heterocycles. The van der Waals surface area contributed by atoms with Gasteiger partial charge in [-0.15, -0.1) is 0 Å². The van der Waals surface area contributed by atoms with Crippen molar-refractivity contribution >= 4 is 23.1 Å². The van der Waals surface area contributed by atoms with Gasteiger partial charge in [-0.25, -0.2) is 4.98 Å². The number of halogens is 1. The number of carbonyl (C=O) groups excluding carboxylic acids is 1. The van der Waals surface area contributed by atoms with E-state index >= 15 is 0 Å². The van der Waals surface area contributed by atoms with E-state index in [9.17, 15) is 4.79 Å². The van der Waals surface area contributed by atoms with Crippen molar-refractivity contribution in [1.29, 1.82) is 0 Å². The molecule has 0 unspecified atom stereocenters. The fourth-order valence-corrected chi connectivity index (χ4v) is 2.55. The van der Waals surface area contributed by atoms with Crippen LogP contribution in [0.25, 0.3) is 5.57 Å². The van der Waals surface area contributed by atoms with Crippen LogP contribution in [-0.2, 0) is 10.3 Å². The van der Waals surface area contributed by atoms with Crippen LogP contribution >= 0.6 is 11.6 Å². The number of rotatable bonds is 3. The third-order valence-electron chi connectivity index (χ3n) is 3.41. The molecule has 1 fully saturated rings. The maximum absolute atomic E-state index is 11.4. The maximum Gasteiger partial charge on any atom is 0.217 e. The van der Waals surface area contributed by atoms with Gasteiger partial charge in [-0.2, -0.15) is 0 Å². The molecule has 1 aliphatic rings. The number of hydrogen-bond acceptors (Lipinski definition) is 2. The standard InChI is InChI=1S/C14H17ClN2O/c1-9(2)12-7-11(8-13(15)16-12)14(5-4-6-14)17-10(3)18/h7-8H,1,4-6H2,2-3H3,(H,17,18). The number of hydrogen-bond donors (Lipinski definition) is 1. The van der Waals surface area contributed by atoms with Crippen LogP contribution in [0, 0.1) is 0 Å². The monoisotopic (exact) mass is 264 g/mol. The number of carbonyl (C=O) groups is 1. The van der Waals surface area contributed by atoms with Gasteiger partial charge in [0.2, 0.25) is 5.91 Å². The minimum Gasteiger partial charge on any atom is -0.347 e. The van der Waals surface area contributed by atoms with Gasteiger partial charge in [0.15, 0.2) is 0 Å². The van der Waals surface area contributed by atoms with Crippen LogP contribution in [0.2, 0.25) is 5.15 Å². The molecule has 0 bridgehead atoms. The Balaban J connectivity index is 2.42. The lowest BCUT2D eigenvalue weighted by atomic mass is 9.71. The molecule has 1 N–H and O–H groups in total. The van der Waals surface area contributed by atoms with Crippen LogP contribution < -0.4 is 5.32 Å². The van der Waals surface area contributed by atoms with Crippen LogP contribution in [0.15, 0.2) is 18.7 Å². The predicted octanol–water partition coefficient (Wildman–Crippen LogP) is 3.28. The largest absolute Gasteiger partial charge is 0.347 e. The molecule has 0 saturated heterocycles. The van der Waals surface area contributed by atoms with E-state index in [1.807, 2.05) is 19.1 Å². The molecule has 0 aliphatic heterocycles. The molecule has 96 valence electrons. The molecule has 1 saturated carbocycles. The van der Waals surface area contributed by atoms with Crippen molar-refractivity contribution in [3.05, 3.63) is 35.1 Å². The lowest BCUT2D eigenvalue weighted by Crippen LogP contribution is -2.50. The Hall–Kier alpha value is -1.35. The second kappa shape index (κ2) is 4.73. The Morgan fingerprint density at radius 3 is 2.56 bits per heavy atom. The summed E-state index contributed by atoms with van der Waals surface area (Å²) in [5.74, 6) is -0.0143. The average molecular weight is 265 g/mol. The van der Waals surface area contributed by atoms with Crippen molar-refractivity contribution < 1.29 is 4.79 Å². The highest BCUT2D eigenvalue weighted by atomic mass is 35.5. The molecule has 1 aromatic heterocycles. The second-order valence-electron chi connectivity index (χ2n) is 4.96. The summed E-state index contributed by atoms with van der Waals surface area (Å²) < 4.78 is 0. The number of amides is 1. The lowest BCUT2D eigenvalue weighted by Gasteiger charge is -2.43. The van der Waals surface area contributed by atoms with E-state index in [1.54, 1.807) is 6.92 Å². The molecule has 1 aliphatic carbocycles. The average Bonchev–Trinajstić information content (AvgIpc) is 2.22. The Morgan fingerprint density at radius 1 is 1.44 bits per heavy atom. The lowest BCUT2D eigenvalue weighted by molar-refractivity contribution is -0.122. The van der Waals surface area contributed by atoms with E-state index in [4.69, 9.17) is 11.6 Å². The molecule has 1 amide bonds. The molecule has 0 atom stereocenters. The van der Waals surface area contributed by atoms with Gasteiger partial charge >= 0.3 is 0 Å². The predicted molar refractivity (Wildman–Crippen MR) is 73.3 cm³/mol. The number of nitrogens with one attached hydrogen (secondary N) is 1. The summed E-state index contributed by atoms with van der Waals surface area (Å²) in [5, 5.41) is 3.49. The third kappa shape index (κ3) is 2.41. The van der Waals surface area contributed by atoms with E-state index in [0.29, 0.717) is 5.15 Å². The highest BCUT2D eigenvalue weighted by molar-refractivity contribution is 6.29. The molecule has 2 rings (SSSR count). The Kier molecular flexibility index (Phi) is 3.44. The zero-order valence-electron chi connectivity index (χ0n) is 10.7. The van der Waals surface area contributed by atoms with Crippen molar-refractivity contribution in [2.75, 3.05) is 0 Å². The molecule has 4 heteroatoms. The second-order valence-corrected chi connectivity index (χ2v) is 5.35. The summed E-state index contributed by atoms with van der Waals surface area (Å²) in [5.41, 5.74) is 2.43. The van der Waals surface area contributed by atoms with Crippen molar-refractivity contribution in [1.82, 2.24) is 10.3 Å². The van der Waals surface area contributed by atoms with Crippen LogP contribution in [0.3, 0.4) is 0 Å². The minimum absolute atomic E-state index is 0.0143. The SMILES string of the molecule is C=C(C)c1cc(C2(NC(C)=O)CCC2)cc(Cl)n1. The summed E-state index contributed by atoms with van der Waals surface area (Å²) in [4.78, 5) is 15.6. The van der Waals surface area contributed by atoms with Crippen molar-refractivity contribution in [3.8, 4) is 0 Å². The molecular weight excluding hydrogens is 248 g/mol. The normalized spacial score (nSPS) is 16.8. The molecule has 0 spiro atoms. The minimum atomic E-state index is -0.261. The molecule has 1 aromatic rings. The van der Waals surface area contributed by atoms with Gasteiger partial charge in [-0.05, 0) is 49.5 Å². The summed E-state index contributed by atoms with van der Waals surface area (Å²) in [6.07, 6.45) is 3.01. The van der Waals surface area contributed by atoms with Crippen molar-refractivity contribution in [3.63, 3.8) is 0 Å². The zero-order valence-corrected chi connectivity index (χ0v) is 11.5. The summed E-state index contributed by atoms with van der Waals surface area (Å²) in [7, 11) is 0. The van der Waals surface area contributed by atoms with E-state index in [-0.39, 0.29) is 11.4 Å². The first kappa shape index (κ1) is 13.1. The van der Waals surface area contributed by atoms with Crippen LogP contribution in [0.4, 0.5) is 0 Å². The maximum atomic E-state index is 11.4. The van der Waals surface area contributed by atoms with E-state index in [2.05, 4.69) is 16.9 Å². The van der Waals surface area contributed by atoms with Gasteiger partial charge in [-0.1, -0.05) is 18.2 Å². The van der Waals surface area contributed by atoms with Gasteiger partial charge in [0.05, 0.1) is 11.2 Å². The summed E-state index contributed by atoms with van der Waals surface area (Å²) in [6, 6.07) is 3.81. The van der Waals surface area contributed by atoms with E-state index in [1.165, 1.54) is 0 Å². The van der Waals surface area contributed by atoms with Crippen molar-refractivity contribution in [2.24, 2.45) is 0 Å². The molecular formula is C14H17ClN2O. The first-order valence-corrected chi connectivity index (χ1v) is 6.43. The van der Waals surface area contributed by atoms with Crippen LogP contribution in [0.1, 0.15) is 44.4 Å². The Labute approximate surface area is 112 Å². The van der Waals surface area contributed by atoms with Crippen molar-refractivity contribution in [2.45, 2.75) is 38.6 Å². The smallest absolute Gasteiger partial charge is 0.217 e. The van der Waals surface area contributed by atoms with E-state index in [0.717, 1.165) is 36.1 Å². The van der Waals surface area contributed by atoms with Gasteiger partial charge < -0.3 is 5.32 Å². The summed E-state index contributed by atoms with van der Waals surface area (Å²) in [6.45, 7) is 7.33. The molecule has 0 aromatic carbocycles.